The summed E-state index contributed by atoms with van der Waals surface area (Å²) in [6, 6.07) is 18.2. The van der Waals surface area contributed by atoms with E-state index in [1.54, 1.807) is 0 Å². The lowest BCUT2D eigenvalue weighted by Crippen LogP contribution is -2.07. The van der Waals surface area contributed by atoms with Crippen molar-refractivity contribution >= 4 is 17.0 Å². The first-order valence-corrected chi connectivity index (χ1v) is 11.6. The number of carboxylic acid groups (broad SMARTS) is 1. The Morgan fingerprint density at radius 2 is 1.91 bits per heavy atom. The average molecular weight is 456 g/mol. The van der Waals surface area contributed by atoms with E-state index in [1.165, 1.54) is 5.56 Å². The zero-order valence-electron chi connectivity index (χ0n) is 19.9. The Bertz CT molecular complexity index is 1370. The summed E-state index contributed by atoms with van der Waals surface area (Å²) in [6.45, 7) is 9.10. The maximum atomic E-state index is 11.9. The molecule has 6 heteroatoms. The second-order valence-corrected chi connectivity index (χ2v) is 9.93. The molecule has 1 fully saturated rings. The Kier molecular flexibility index (Phi) is 5.39. The van der Waals surface area contributed by atoms with Crippen LogP contribution in [0.15, 0.2) is 60.8 Å². The Morgan fingerprint density at radius 3 is 2.59 bits per heavy atom. The molecule has 2 heterocycles. The van der Waals surface area contributed by atoms with Crippen molar-refractivity contribution in [2.24, 2.45) is 11.3 Å². The van der Waals surface area contributed by atoms with E-state index in [0.29, 0.717) is 13.2 Å². The molecular weight excluding hydrogens is 426 g/mol. The molecule has 174 valence electrons. The van der Waals surface area contributed by atoms with Crippen molar-refractivity contribution in [1.82, 2.24) is 14.5 Å². The SMILES string of the molecule is Cc1ccc(COc2ccc3nc([C@H]4[C@@H](C(=O)O)C4(C)C)n(Cc4cccc(C)c4)c3c2)nc1. The number of hydrogen-bond acceptors (Lipinski definition) is 4. The molecule has 0 unspecified atom stereocenters. The summed E-state index contributed by atoms with van der Waals surface area (Å²) in [7, 11) is 0. The predicted molar refractivity (Wildman–Crippen MR) is 131 cm³/mol. The lowest BCUT2D eigenvalue weighted by Gasteiger charge is -2.12. The zero-order chi connectivity index (χ0) is 24.0. The van der Waals surface area contributed by atoms with Crippen molar-refractivity contribution in [3.8, 4) is 5.75 Å². The monoisotopic (exact) mass is 455 g/mol. The van der Waals surface area contributed by atoms with Gasteiger partial charge in [0, 0.05) is 24.7 Å². The molecule has 0 aliphatic heterocycles. The van der Waals surface area contributed by atoms with E-state index in [2.05, 4.69) is 34.7 Å². The lowest BCUT2D eigenvalue weighted by atomic mass is 10.1. The number of aliphatic carboxylic acids is 1. The van der Waals surface area contributed by atoms with Crippen LogP contribution in [0.25, 0.3) is 11.0 Å². The first kappa shape index (κ1) is 22.1. The van der Waals surface area contributed by atoms with Crippen molar-refractivity contribution in [3.63, 3.8) is 0 Å². The van der Waals surface area contributed by atoms with Crippen LogP contribution in [0.1, 0.15) is 48.0 Å². The number of ether oxygens (including phenoxy) is 1. The highest BCUT2D eigenvalue weighted by molar-refractivity contribution is 5.81. The number of aromatic nitrogens is 3. The van der Waals surface area contributed by atoms with Gasteiger partial charge in [-0.25, -0.2) is 4.98 Å². The van der Waals surface area contributed by atoms with E-state index in [1.807, 2.05) is 63.4 Å². The Labute approximate surface area is 199 Å². The normalized spacial score (nSPS) is 18.7. The van der Waals surface area contributed by atoms with Gasteiger partial charge in [-0.05, 0) is 48.6 Å². The molecule has 2 aromatic heterocycles. The van der Waals surface area contributed by atoms with Crippen LogP contribution in [0.4, 0.5) is 0 Å². The van der Waals surface area contributed by atoms with Crippen molar-refractivity contribution in [2.45, 2.75) is 46.8 Å². The number of pyridine rings is 1. The molecule has 0 radical (unpaired) electrons. The summed E-state index contributed by atoms with van der Waals surface area (Å²) in [5.41, 5.74) is 5.76. The summed E-state index contributed by atoms with van der Waals surface area (Å²) in [6.07, 6.45) is 1.83. The fourth-order valence-corrected chi connectivity index (χ4v) is 4.93. The van der Waals surface area contributed by atoms with Crippen LogP contribution in [0, 0.1) is 25.2 Å². The molecule has 0 saturated heterocycles. The summed E-state index contributed by atoms with van der Waals surface area (Å²) in [5.74, 6) is 0.217. The molecule has 5 rings (SSSR count). The van der Waals surface area contributed by atoms with Crippen molar-refractivity contribution < 1.29 is 14.6 Å². The van der Waals surface area contributed by atoms with Gasteiger partial charge in [0.2, 0.25) is 0 Å². The predicted octanol–water partition coefficient (Wildman–Crippen LogP) is 5.50. The van der Waals surface area contributed by atoms with Crippen molar-refractivity contribution in [2.75, 3.05) is 0 Å². The van der Waals surface area contributed by atoms with Crippen molar-refractivity contribution in [3.05, 3.63) is 89.0 Å². The summed E-state index contributed by atoms with van der Waals surface area (Å²) in [5, 5.41) is 9.79. The van der Waals surface area contributed by atoms with Gasteiger partial charge in [0.05, 0.1) is 22.6 Å². The molecule has 0 spiro atoms. The molecular formula is C28H29N3O3. The fraction of sp³-hybridized carbons (Fsp3) is 0.321. The second-order valence-electron chi connectivity index (χ2n) is 9.93. The van der Waals surface area contributed by atoms with Crippen LogP contribution in [0.2, 0.25) is 0 Å². The number of benzene rings is 2. The molecule has 1 saturated carbocycles. The van der Waals surface area contributed by atoms with E-state index in [-0.39, 0.29) is 11.3 Å². The minimum absolute atomic E-state index is 0.136. The number of hydrogen-bond donors (Lipinski definition) is 1. The van der Waals surface area contributed by atoms with Gasteiger partial charge in [0.1, 0.15) is 18.2 Å². The standard InChI is InChI=1S/C28H29N3O3/c1-17-6-5-7-19(12-17)15-31-23-13-21(34-16-20-9-8-18(2)14-29-20)10-11-22(23)30-26(31)24-25(27(32)33)28(24,3)4/h5-14,24-25H,15-16H2,1-4H3,(H,32,33)/t24-,25+/m1/s1. The molecule has 34 heavy (non-hydrogen) atoms. The largest absolute Gasteiger partial charge is 0.487 e. The smallest absolute Gasteiger partial charge is 0.307 e. The summed E-state index contributed by atoms with van der Waals surface area (Å²) in [4.78, 5) is 21.3. The molecule has 1 aliphatic rings. The van der Waals surface area contributed by atoms with Gasteiger partial charge in [-0.3, -0.25) is 9.78 Å². The van der Waals surface area contributed by atoms with Gasteiger partial charge >= 0.3 is 5.97 Å². The van der Waals surface area contributed by atoms with Gasteiger partial charge in [0.15, 0.2) is 0 Å². The number of nitrogens with zero attached hydrogens (tertiary/aromatic N) is 3. The van der Waals surface area contributed by atoms with Crippen LogP contribution in [0.3, 0.4) is 0 Å². The van der Waals surface area contributed by atoms with E-state index < -0.39 is 11.9 Å². The number of fused-ring (bicyclic) bond motifs is 1. The molecule has 2 atom stereocenters. The van der Waals surface area contributed by atoms with Crippen molar-refractivity contribution in [1.29, 1.82) is 0 Å². The quantitative estimate of drug-likeness (QED) is 0.398. The van der Waals surface area contributed by atoms with Crippen LogP contribution in [-0.4, -0.2) is 25.6 Å². The molecule has 6 nitrogen and oxygen atoms in total. The highest BCUT2D eigenvalue weighted by atomic mass is 16.5. The Hall–Kier alpha value is -3.67. The molecule has 1 aliphatic carbocycles. The maximum absolute atomic E-state index is 11.9. The molecule has 1 N–H and O–H groups in total. The van der Waals surface area contributed by atoms with Gasteiger partial charge in [-0.2, -0.15) is 0 Å². The Balaban J connectivity index is 1.53. The van der Waals surface area contributed by atoms with Crippen LogP contribution in [0.5, 0.6) is 5.75 Å². The van der Waals surface area contributed by atoms with E-state index >= 15 is 0 Å². The topological polar surface area (TPSA) is 77.2 Å². The van der Waals surface area contributed by atoms with E-state index in [0.717, 1.165) is 39.4 Å². The number of rotatable bonds is 7. The number of imidazole rings is 1. The first-order valence-electron chi connectivity index (χ1n) is 11.6. The molecule has 0 amide bonds. The average Bonchev–Trinajstić information content (AvgIpc) is 3.21. The third kappa shape index (κ3) is 4.04. The van der Waals surface area contributed by atoms with E-state index in [9.17, 15) is 9.90 Å². The van der Waals surface area contributed by atoms with Gasteiger partial charge < -0.3 is 14.4 Å². The first-order chi connectivity index (χ1) is 16.2. The maximum Gasteiger partial charge on any atom is 0.307 e. The zero-order valence-corrected chi connectivity index (χ0v) is 19.9. The van der Waals surface area contributed by atoms with Gasteiger partial charge in [-0.15, -0.1) is 0 Å². The van der Waals surface area contributed by atoms with Gasteiger partial charge in [-0.1, -0.05) is 49.7 Å². The highest BCUT2D eigenvalue weighted by Crippen LogP contribution is 2.64. The lowest BCUT2D eigenvalue weighted by molar-refractivity contribution is -0.139. The third-order valence-electron chi connectivity index (χ3n) is 6.90. The number of carboxylic acids is 1. The minimum atomic E-state index is -0.765. The molecule has 0 bridgehead atoms. The Morgan fingerprint density at radius 1 is 1.09 bits per heavy atom. The van der Waals surface area contributed by atoms with E-state index in [4.69, 9.17) is 9.72 Å². The fourth-order valence-electron chi connectivity index (χ4n) is 4.93. The number of carbonyl (C=O) groups is 1. The van der Waals surface area contributed by atoms with Crippen LogP contribution in [-0.2, 0) is 17.9 Å². The molecule has 4 aromatic rings. The second kappa shape index (κ2) is 8.28. The van der Waals surface area contributed by atoms with Crippen LogP contribution < -0.4 is 4.74 Å². The van der Waals surface area contributed by atoms with Crippen LogP contribution >= 0.6 is 0 Å². The molecule has 2 aromatic carbocycles. The highest BCUT2D eigenvalue weighted by Gasteiger charge is 2.64. The summed E-state index contributed by atoms with van der Waals surface area (Å²) < 4.78 is 8.22. The van der Waals surface area contributed by atoms with Gasteiger partial charge in [0.25, 0.3) is 0 Å². The number of aryl methyl sites for hydroxylation is 2. The third-order valence-corrected chi connectivity index (χ3v) is 6.90. The summed E-state index contributed by atoms with van der Waals surface area (Å²) >= 11 is 0. The minimum Gasteiger partial charge on any atom is -0.487 e.